The van der Waals surface area contributed by atoms with Crippen LogP contribution in [0.4, 0.5) is 5.82 Å². The van der Waals surface area contributed by atoms with E-state index in [9.17, 15) is 4.79 Å². The predicted octanol–water partition coefficient (Wildman–Crippen LogP) is 5.76. The van der Waals surface area contributed by atoms with Crippen LogP contribution in [0.15, 0.2) is 59.1 Å². The molecule has 0 bridgehead atoms. The third-order valence-electron chi connectivity index (χ3n) is 4.64. The number of benzene rings is 2. The number of hydrogen-bond acceptors (Lipinski definition) is 4. The first-order valence-electron chi connectivity index (χ1n) is 9.22. The van der Waals surface area contributed by atoms with E-state index in [4.69, 9.17) is 27.7 Å². The molecular weight excluding hydrogens is 423 g/mol. The van der Waals surface area contributed by atoms with E-state index in [1.54, 1.807) is 28.9 Å². The maximum absolute atomic E-state index is 12.6. The van der Waals surface area contributed by atoms with E-state index in [0.29, 0.717) is 28.2 Å². The SMILES string of the molecule is Cc1ccc(-c2cc(C(=O)Nc3cc(C)n(Cc4ccc(Cl)cc4Cl)n3)no2)cc1. The summed E-state index contributed by atoms with van der Waals surface area (Å²) >= 11 is 12.2. The van der Waals surface area contributed by atoms with E-state index in [1.165, 1.54) is 0 Å². The fourth-order valence-corrected chi connectivity index (χ4v) is 3.43. The van der Waals surface area contributed by atoms with Crippen molar-refractivity contribution in [2.75, 3.05) is 5.32 Å². The van der Waals surface area contributed by atoms with Gasteiger partial charge in [0.05, 0.1) is 6.54 Å². The van der Waals surface area contributed by atoms with Crippen LogP contribution >= 0.6 is 23.2 Å². The molecule has 2 aromatic heterocycles. The van der Waals surface area contributed by atoms with Gasteiger partial charge in [-0.2, -0.15) is 5.10 Å². The zero-order valence-corrected chi connectivity index (χ0v) is 17.8. The fraction of sp³-hybridized carbons (Fsp3) is 0.136. The molecule has 0 saturated carbocycles. The highest BCUT2D eigenvalue weighted by atomic mass is 35.5. The summed E-state index contributed by atoms with van der Waals surface area (Å²) in [4.78, 5) is 12.6. The average molecular weight is 441 g/mol. The van der Waals surface area contributed by atoms with Crippen LogP contribution in [0.25, 0.3) is 11.3 Å². The number of aryl methyl sites for hydroxylation is 2. The minimum absolute atomic E-state index is 0.179. The quantitative estimate of drug-likeness (QED) is 0.427. The van der Waals surface area contributed by atoms with Crippen molar-refractivity contribution in [1.29, 1.82) is 0 Å². The maximum Gasteiger partial charge on any atom is 0.279 e. The Bertz CT molecular complexity index is 1210. The van der Waals surface area contributed by atoms with Crippen LogP contribution in [0, 0.1) is 13.8 Å². The zero-order chi connectivity index (χ0) is 21.3. The number of rotatable bonds is 5. The summed E-state index contributed by atoms with van der Waals surface area (Å²) in [6.07, 6.45) is 0. The third kappa shape index (κ3) is 4.40. The van der Waals surface area contributed by atoms with Crippen molar-refractivity contribution in [2.45, 2.75) is 20.4 Å². The van der Waals surface area contributed by atoms with Gasteiger partial charge in [-0.1, -0.05) is 64.3 Å². The van der Waals surface area contributed by atoms with Gasteiger partial charge in [0, 0.05) is 33.4 Å². The number of hydrogen-bond donors (Lipinski definition) is 1. The number of amides is 1. The Morgan fingerprint density at radius 1 is 1.07 bits per heavy atom. The Balaban J connectivity index is 1.48. The molecule has 1 N–H and O–H groups in total. The highest BCUT2D eigenvalue weighted by Crippen LogP contribution is 2.23. The van der Waals surface area contributed by atoms with Crippen molar-refractivity contribution in [2.24, 2.45) is 0 Å². The van der Waals surface area contributed by atoms with Gasteiger partial charge in [0.15, 0.2) is 17.3 Å². The molecule has 0 atom stereocenters. The normalized spacial score (nSPS) is 10.9. The first-order valence-corrected chi connectivity index (χ1v) is 9.98. The lowest BCUT2D eigenvalue weighted by atomic mass is 10.1. The zero-order valence-electron chi connectivity index (χ0n) is 16.3. The molecule has 152 valence electrons. The van der Waals surface area contributed by atoms with Crippen molar-refractivity contribution in [3.8, 4) is 11.3 Å². The van der Waals surface area contributed by atoms with E-state index in [1.807, 2.05) is 44.2 Å². The molecule has 0 aliphatic heterocycles. The van der Waals surface area contributed by atoms with Gasteiger partial charge in [-0.3, -0.25) is 9.48 Å². The van der Waals surface area contributed by atoms with Crippen LogP contribution < -0.4 is 5.32 Å². The van der Waals surface area contributed by atoms with Gasteiger partial charge < -0.3 is 9.84 Å². The second kappa shape index (κ2) is 8.34. The van der Waals surface area contributed by atoms with Crippen molar-refractivity contribution < 1.29 is 9.32 Å². The Morgan fingerprint density at radius 2 is 1.83 bits per heavy atom. The smallest absolute Gasteiger partial charge is 0.279 e. The molecule has 0 spiro atoms. The number of halogens is 2. The van der Waals surface area contributed by atoms with Gasteiger partial charge in [-0.05, 0) is 31.5 Å². The second-order valence-corrected chi connectivity index (χ2v) is 7.80. The van der Waals surface area contributed by atoms with Crippen LogP contribution in [0.5, 0.6) is 0 Å². The van der Waals surface area contributed by atoms with E-state index in [2.05, 4.69) is 15.6 Å². The first-order chi connectivity index (χ1) is 14.4. The maximum atomic E-state index is 12.6. The topological polar surface area (TPSA) is 73.0 Å². The summed E-state index contributed by atoms with van der Waals surface area (Å²) in [6.45, 7) is 4.36. The number of nitrogens with zero attached hydrogens (tertiary/aromatic N) is 3. The van der Waals surface area contributed by atoms with Crippen molar-refractivity contribution in [1.82, 2.24) is 14.9 Å². The van der Waals surface area contributed by atoms with Crippen molar-refractivity contribution in [3.63, 3.8) is 0 Å². The molecule has 2 heterocycles. The molecule has 4 aromatic rings. The Kier molecular flexibility index (Phi) is 5.61. The standard InChI is InChI=1S/C22H18Cl2N4O2/c1-13-3-5-15(6-4-13)20-11-19(27-30-20)22(29)25-21-9-14(2)28(26-21)12-16-7-8-17(23)10-18(16)24/h3-11H,12H2,1-2H3,(H,25,26,29). The first kappa shape index (κ1) is 20.2. The second-order valence-electron chi connectivity index (χ2n) is 6.96. The summed E-state index contributed by atoms with van der Waals surface area (Å²) < 4.78 is 7.07. The molecule has 1 amide bonds. The average Bonchev–Trinajstić information content (AvgIpc) is 3.32. The summed E-state index contributed by atoms with van der Waals surface area (Å²) in [5, 5.41) is 12.2. The number of carbonyl (C=O) groups is 1. The van der Waals surface area contributed by atoms with Crippen molar-refractivity contribution >= 4 is 34.9 Å². The third-order valence-corrected chi connectivity index (χ3v) is 5.22. The molecule has 2 aromatic carbocycles. The van der Waals surface area contributed by atoms with Crippen molar-refractivity contribution in [3.05, 3.63) is 87.2 Å². The minimum atomic E-state index is -0.397. The molecular formula is C22H18Cl2N4O2. The van der Waals surface area contributed by atoms with Gasteiger partial charge in [0.2, 0.25) is 0 Å². The Morgan fingerprint density at radius 3 is 2.57 bits per heavy atom. The number of anilines is 1. The van der Waals surface area contributed by atoms with Gasteiger partial charge >= 0.3 is 0 Å². The van der Waals surface area contributed by atoms with Crippen LogP contribution in [0.1, 0.15) is 27.3 Å². The summed E-state index contributed by atoms with van der Waals surface area (Å²) in [7, 11) is 0. The van der Waals surface area contributed by atoms with Crippen LogP contribution in [-0.2, 0) is 6.54 Å². The monoisotopic (exact) mass is 440 g/mol. The van der Waals surface area contributed by atoms with E-state index in [0.717, 1.165) is 22.4 Å². The molecule has 8 heteroatoms. The van der Waals surface area contributed by atoms with Crippen LogP contribution in [0.3, 0.4) is 0 Å². The van der Waals surface area contributed by atoms with Gasteiger partial charge in [-0.15, -0.1) is 0 Å². The molecule has 0 unspecified atom stereocenters. The van der Waals surface area contributed by atoms with E-state index < -0.39 is 5.91 Å². The summed E-state index contributed by atoms with van der Waals surface area (Å²) in [5.74, 6) is 0.549. The number of carbonyl (C=O) groups excluding carboxylic acids is 1. The molecule has 0 fully saturated rings. The largest absolute Gasteiger partial charge is 0.355 e. The number of aromatic nitrogens is 3. The lowest BCUT2D eigenvalue weighted by Crippen LogP contribution is -2.13. The lowest BCUT2D eigenvalue weighted by molar-refractivity contribution is 0.101. The minimum Gasteiger partial charge on any atom is -0.355 e. The summed E-state index contributed by atoms with van der Waals surface area (Å²) in [6, 6.07) is 16.5. The van der Waals surface area contributed by atoms with Crippen LogP contribution in [0.2, 0.25) is 10.0 Å². The highest BCUT2D eigenvalue weighted by Gasteiger charge is 2.16. The van der Waals surface area contributed by atoms with E-state index >= 15 is 0 Å². The van der Waals surface area contributed by atoms with Gasteiger partial charge in [-0.25, -0.2) is 0 Å². The van der Waals surface area contributed by atoms with Crippen LogP contribution in [-0.4, -0.2) is 20.8 Å². The lowest BCUT2D eigenvalue weighted by Gasteiger charge is -2.07. The summed E-state index contributed by atoms with van der Waals surface area (Å²) in [5.41, 5.74) is 3.92. The molecule has 30 heavy (non-hydrogen) atoms. The molecule has 0 aliphatic carbocycles. The number of nitrogens with one attached hydrogen (secondary N) is 1. The molecule has 6 nitrogen and oxygen atoms in total. The molecule has 0 radical (unpaired) electrons. The molecule has 0 aliphatic rings. The van der Waals surface area contributed by atoms with Gasteiger partial charge in [0.1, 0.15) is 0 Å². The molecule has 0 saturated heterocycles. The fourth-order valence-electron chi connectivity index (χ4n) is 2.96. The van der Waals surface area contributed by atoms with Gasteiger partial charge in [0.25, 0.3) is 5.91 Å². The Hall–Kier alpha value is -3.09. The molecule has 4 rings (SSSR count). The van der Waals surface area contributed by atoms with E-state index in [-0.39, 0.29) is 5.69 Å². The Labute approximate surface area is 183 Å². The predicted molar refractivity (Wildman–Crippen MR) is 117 cm³/mol. The highest BCUT2D eigenvalue weighted by molar-refractivity contribution is 6.35.